The van der Waals surface area contributed by atoms with Crippen molar-refractivity contribution in [3.63, 3.8) is 0 Å². The van der Waals surface area contributed by atoms with Crippen molar-refractivity contribution < 1.29 is 9.53 Å². The number of fused-ring (bicyclic) bond motifs is 1. The number of carbonyl (C=O) groups is 1. The Kier molecular flexibility index (Phi) is 4.21. The molecule has 2 aliphatic rings. The molecule has 108 valence electrons. The normalized spacial score (nSPS) is 18.4. The van der Waals surface area contributed by atoms with Gasteiger partial charge in [-0.2, -0.15) is 0 Å². The molecule has 3 rings (SSSR count). The molecule has 4 nitrogen and oxygen atoms in total. The fourth-order valence-electron chi connectivity index (χ4n) is 2.97. The summed E-state index contributed by atoms with van der Waals surface area (Å²) in [5.41, 5.74) is 3.20. The maximum Gasteiger partial charge on any atom is 0.251 e. The molecule has 0 aromatic heterocycles. The number of rotatable bonds is 4. The molecule has 2 aliphatic heterocycles. The molecule has 0 radical (unpaired) electrons. The molecule has 0 saturated carbocycles. The smallest absolute Gasteiger partial charge is 0.251 e. The van der Waals surface area contributed by atoms with Crippen LogP contribution in [0.1, 0.15) is 35.2 Å². The van der Waals surface area contributed by atoms with Crippen molar-refractivity contribution in [2.75, 3.05) is 31.6 Å². The Morgan fingerprint density at radius 3 is 3.05 bits per heavy atom. The third-order valence-electron chi connectivity index (χ3n) is 4.26. The number of ether oxygens (including phenoxy) is 1. The van der Waals surface area contributed by atoms with E-state index in [-0.39, 0.29) is 5.91 Å². The number of carbonyl (C=O) groups excluding carboxylic acids is 1. The quantitative estimate of drug-likeness (QED) is 0.885. The van der Waals surface area contributed by atoms with E-state index in [9.17, 15) is 4.79 Å². The first kappa shape index (κ1) is 13.4. The summed E-state index contributed by atoms with van der Waals surface area (Å²) in [6, 6.07) is 5.93. The lowest BCUT2D eigenvalue weighted by atomic mass is 9.96. The van der Waals surface area contributed by atoms with Crippen molar-refractivity contribution in [2.24, 2.45) is 5.92 Å². The molecule has 1 fully saturated rings. The lowest BCUT2D eigenvalue weighted by Gasteiger charge is -2.21. The fraction of sp³-hybridized carbons (Fsp3) is 0.562. The summed E-state index contributed by atoms with van der Waals surface area (Å²) in [4.78, 5) is 12.1. The van der Waals surface area contributed by atoms with Gasteiger partial charge in [0, 0.05) is 37.6 Å². The fourth-order valence-corrected chi connectivity index (χ4v) is 2.97. The van der Waals surface area contributed by atoms with Crippen LogP contribution in [0.2, 0.25) is 0 Å². The van der Waals surface area contributed by atoms with E-state index in [1.54, 1.807) is 0 Å². The molecule has 2 N–H and O–H groups in total. The van der Waals surface area contributed by atoms with Gasteiger partial charge in [0.05, 0.1) is 0 Å². The highest BCUT2D eigenvalue weighted by Crippen LogP contribution is 2.23. The second-order valence-corrected chi connectivity index (χ2v) is 5.65. The van der Waals surface area contributed by atoms with Crippen LogP contribution >= 0.6 is 0 Å². The van der Waals surface area contributed by atoms with Crippen molar-refractivity contribution in [1.29, 1.82) is 0 Å². The minimum Gasteiger partial charge on any atom is -0.384 e. The summed E-state index contributed by atoms with van der Waals surface area (Å²) in [6.07, 6.45) is 4.32. The van der Waals surface area contributed by atoms with Crippen molar-refractivity contribution in [2.45, 2.75) is 25.7 Å². The third kappa shape index (κ3) is 3.12. The van der Waals surface area contributed by atoms with Crippen LogP contribution in [0.15, 0.2) is 18.2 Å². The van der Waals surface area contributed by atoms with Crippen molar-refractivity contribution in [3.05, 3.63) is 29.3 Å². The highest BCUT2D eigenvalue weighted by molar-refractivity contribution is 5.95. The van der Waals surface area contributed by atoms with Gasteiger partial charge in [0.2, 0.25) is 0 Å². The molecule has 0 spiro atoms. The van der Waals surface area contributed by atoms with E-state index in [4.69, 9.17) is 4.74 Å². The summed E-state index contributed by atoms with van der Waals surface area (Å²) in [6.45, 7) is 3.48. The van der Waals surface area contributed by atoms with Gasteiger partial charge >= 0.3 is 0 Å². The Morgan fingerprint density at radius 2 is 2.20 bits per heavy atom. The van der Waals surface area contributed by atoms with Crippen LogP contribution < -0.4 is 10.6 Å². The highest BCUT2D eigenvalue weighted by Gasteiger charge is 2.15. The first-order chi connectivity index (χ1) is 9.83. The number of benzene rings is 1. The molecule has 0 unspecified atom stereocenters. The van der Waals surface area contributed by atoms with Gasteiger partial charge in [-0.25, -0.2) is 0 Å². The summed E-state index contributed by atoms with van der Waals surface area (Å²) in [7, 11) is 0. The Hall–Kier alpha value is -1.55. The largest absolute Gasteiger partial charge is 0.384 e. The molecule has 2 heterocycles. The van der Waals surface area contributed by atoms with Crippen LogP contribution in [0.5, 0.6) is 0 Å². The zero-order valence-corrected chi connectivity index (χ0v) is 11.8. The summed E-state index contributed by atoms with van der Waals surface area (Å²) >= 11 is 0. The van der Waals surface area contributed by atoms with E-state index >= 15 is 0 Å². The molecular weight excluding hydrogens is 252 g/mol. The molecule has 20 heavy (non-hydrogen) atoms. The minimum absolute atomic E-state index is 0.0479. The van der Waals surface area contributed by atoms with E-state index in [1.165, 1.54) is 11.3 Å². The van der Waals surface area contributed by atoms with E-state index in [2.05, 4.69) is 10.6 Å². The summed E-state index contributed by atoms with van der Waals surface area (Å²) in [5, 5.41) is 6.35. The molecular formula is C16H22N2O2. The molecule has 0 bridgehead atoms. The topological polar surface area (TPSA) is 50.4 Å². The van der Waals surface area contributed by atoms with Crippen molar-refractivity contribution in [1.82, 2.24) is 5.32 Å². The second kappa shape index (κ2) is 6.27. The van der Waals surface area contributed by atoms with Crippen LogP contribution in [0.25, 0.3) is 0 Å². The molecule has 0 atom stereocenters. The number of amides is 1. The first-order valence-electron chi connectivity index (χ1n) is 7.55. The van der Waals surface area contributed by atoms with Crippen molar-refractivity contribution in [3.8, 4) is 0 Å². The van der Waals surface area contributed by atoms with E-state index in [1.807, 2.05) is 18.2 Å². The van der Waals surface area contributed by atoms with E-state index in [0.29, 0.717) is 5.92 Å². The van der Waals surface area contributed by atoms with Gasteiger partial charge in [-0.05, 0) is 55.4 Å². The highest BCUT2D eigenvalue weighted by atomic mass is 16.5. The zero-order valence-electron chi connectivity index (χ0n) is 11.8. The predicted molar refractivity (Wildman–Crippen MR) is 79.1 cm³/mol. The number of hydrogen-bond donors (Lipinski definition) is 2. The summed E-state index contributed by atoms with van der Waals surface area (Å²) < 4.78 is 5.35. The molecule has 1 aromatic rings. The Labute approximate surface area is 119 Å². The van der Waals surface area contributed by atoms with E-state index in [0.717, 1.165) is 57.6 Å². The predicted octanol–water partition coefficient (Wildman–Crippen LogP) is 2.20. The monoisotopic (exact) mass is 274 g/mol. The number of anilines is 1. The van der Waals surface area contributed by atoms with Crippen LogP contribution in [0.3, 0.4) is 0 Å². The van der Waals surface area contributed by atoms with Gasteiger partial charge in [0.25, 0.3) is 5.91 Å². The second-order valence-electron chi connectivity index (χ2n) is 5.65. The van der Waals surface area contributed by atoms with Gasteiger partial charge in [-0.3, -0.25) is 4.79 Å². The third-order valence-corrected chi connectivity index (χ3v) is 4.26. The lowest BCUT2D eigenvalue weighted by molar-refractivity contribution is 0.0636. The average Bonchev–Trinajstić information content (AvgIpc) is 2.95. The number of nitrogens with one attached hydrogen (secondary N) is 2. The standard InChI is InChI=1S/C16H22N2O2/c19-16(18-7-3-12-5-9-20-10-6-12)14-1-2-15-13(11-14)4-8-17-15/h1-2,11-12,17H,3-10H2,(H,18,19). The molecule has 1 saturated heterocycles. The molecule has 0 aliphatic carbocycles. The van der Waals surface area contributed by atoms with Gasteiger partial charge in [0.15, 0.2) is 0 Å². The Balaban J connectivity index is 1.49. The summed E-state index contributed by atoms with van der Waals surface area (Å²) in [5.74, 6) is 0.750. The zero-order chi connectivity index (χ0) is 13.8. The molecule has 4 heteroatoms. The van der Waals surface area contributed by atoms with Crippen molar-refractivity contribution >= 4 is 11.6 Å². The lowest BCUT2D eigenvalue weighted by Crippen LogP contribution is -2.27. The van der Waals surface area contributed by atoms with Crippen LogP contribution in [-0.2, 0) is 11.2 Å². The maximum absolute atomic E-state index is 12.1. The van der Waals surface area contributed by atoms with Gasteiger partial charge < -0.3 is 15.4 Å². The van der Waals surface area contributed by atoms with Gasteiger partial charge in [-0.15, -0.1) is 0 Å². The van der Waals surface area contributed by atoms with Crippen LogP contribution in [0, 0.1) is 5.92 Å². The number of hydrogen-bond acceptors (Lipinski definition) is 3. The molecule has 1 aromatic carbocycles. The Morgan fingerprint density at radius 1 is 1.35 bits per heavy atom. The maximum atomic E-state index is 12.1. The molecule has 1 amide bonds. The van der Waals surface area contributed by atoms with Crippen LogP contribution in [0.4, 0.5) is 5.69 Å². The Bertz CT molecular complexity index is 481. The first-order valence-corrected chi connectivity index (χ1v) is 7.55. The minimum atomic E-state index is 0.0479. The average molecular weight is 274 g/mol. The van der Waals surface area contributed by atoms with E-state index < -0.39 is 0 Å². The van der Waals surface area contributed by atoms with Gasteiger partial charge in [-0.1, -0.05) is 0 Å². The SMILES string of the molecule is O=C(NCCC1CCOCC1)c1ccc2c(c1)CCN2. The van der Waals surface area contributed by atoms with Gasteiger partial charge in [0.1, 0.15) is 0 Å². The van der Waals surface area contributed by atoms with Crippen LogP contribution in [-0.4, -0.2) is 32.2 Å².